The summed E-state index contributed by atoms with van der Waals surface area (Å²) < 4.78 is 12.5. The standard InChI is InChI=1S/C24H38O3/c1-22-11-9-17(25)15-16(22)5-6-18-19-7-8-21(23(19,2)12-10-20(18)22)24(3)26-13-4-14-27-24/h5,17-21,25H,4,6-15H2,1-3H3/t17-,18-,19-,20?,21-,22-,23-/m0/s1. The lowest BCUT2D eigenvalue weighted by Gasteiger charge is -2.59. The highest BCUT2D eigenvalue weighted by molar-refractivity contribution is 5.25. The summed E-state index contributed by atoms with van der Waals surface area (Å²) in [4.78, 5) is 0. The number of rotatable bonds is 1. The van der Waals surface area contributed by atoms with E-state index in [1.807, 2.05) is 0 Å². The maximum Gasteiger partial charge on any atom is 0.168 e. The van der Waals surface area contributed by atoms with Gasteiger partial charge < -0.3 is 14.6 Å². The second-order valence-corrected chi connectivity index (χ2v) is 10.9. The van der Waals surface area contributed by atoms with E-state index >= 15 is 0 Å². The number of hydrogen-bond donors (Lipinski definition) is 1. The zero-order chi connectivity index (χ0) is 18.9. The quantitative estimate of drug-likeness (QED) is 0.651. The Morgan fingerprint density at radius 3 is 2.52 bits per heavy atom. The summed E-state index contributed by atoms with van der Waals surface area (Å²) in [5.74, 6) is 2.58. The molecule has 0 bridgehead atoms. The molecule has 0 aromatic rings. The molecule has 1 aliphatic heterocycles. The highest BCUT2D eigenvalue weighted by Gasteiger charge is 2.62. The van der Waals surface area contributed by atoms with Gasteiger partial charge in [0.2, 0.25) is 0 Å². The first-order valence-electron chi connectivity index (χ1n) is 11.5. The molecule has 0 aromatic carbocycles. The molecule has 0 spiro atoms. The van der Waals surface area contributed by atoms with Crippen molar-refractivity contribution in [2.24, 2.45) is 34.5 Å². The molecule has 3 nitrogen and oxygen atoms in total. The Balaban J connectivity index is 1.43. The molecular formula is C24H38O3. The average Bonchev–Trinajstić information content (AvgIpc) is 3.01. The third kappa shape index (κ3) is 2.64. The van der Waals surface area contributed by atoms with E-state index < -0.39 is 0 Å². The lowest BCUT2D eigenvalue weighted by molar-refractivity contribution is -0.300. The third-order valence-electron chi connectivity index (χ3n) is 9.78. The minimum atomic E-state index is -0.372. The van der Waals surface area contributed by atoms with Crippen LogP contribution >= 0.6 is 0 Å². The van der Waals surface area contributed by atoms with Gasteiger partial charge in [0.15, 0.2) is 5.79 Å². The van der Waals surface area contributed by atoms with E-state index in [9.17, 15) is 5.11 Å². The van der Waals surface area contributed by atoms with Crippen LogP contribution in [0, 0.1) is 34.5 Å². The number of aliphatic hydroxyl groups is 1. The summed E-state index contributed by atoms with van der Waals surface area (Å²) in [6, 6.07) is 0. The molecule has 0 amide bonds. The molecule has 152 valence electrons. The van der Waals surface area contributed by atoms with Crippen molar-refractivity contribution in [2.45, 2.75) is 90.4 Å². The highest BCUT2D eigenvalue weighted by atomic mass is 16.7. The number of allylic oxidation sites excluding steroid dienone is 1. The molecule has 4 fully saturated rings. The predicted octanol–water partition coefficient (Wildman–Crippen LogP) is 5.08. The summed E-state index contributed by atoms with van der Waals surface area (Å²) >= 11 is 0. The summed E-state index contributed by atoms with van der Waals surface area (Å²) in [6.45, 7) is 9.01. The van der Waals surface area contributed by atoms with Crippen LogP contribution in [0.2, 0.25) is 0 Å². The summed E-state index contributed by atoms with van der Waals surface area (Å²) in [6.07, 6.45) is 13.0. The van der Waals surface area contributed by atoms with E-state index in [0.29, 0.717) is 16.7 Å². The van der Waals surface area contributed by atoms with E-state index in [4.69, 9.17) is 9.47 Å². The van der Waals surface area contributed by atoms with Crippen molar-refractivity contribution in [1.82, 2.24) is 0 Å². The Morgan fingerprint density at radius 1 is 0.963 bits per heavy atom. The van der Waals surface area contributed by atoms with Crippen LogP contribution in [-0.4, -0.2) is 30.2 Å². The minimum absolute atomic E-state index is 0.105. The smallest absolute Gasteiger partial charge is 0.168 e. The fourth-order valence-corrected chi connectivity index (χ4v) is 8.35. The van der Waals surface area contributed by atoms with Crippen LogP contribution in [0.4, 0.5) is 0 Å². The fourth-order valence-electron chi connectivity index (χ4n) is 8.35. The van der Waals surface area contributed by atoms with Gasteiger partial charge in [-0.15, -0.1) is 0 Å². The second-order valence-electron chi connectivity index (χ2n) is 10.9. The van der Waals surface area contributed by atoms with Crippen molar-refractivity contribution in [3.63, 3.8) is 0 Å². The van der Waals surface area contributed by atoms with Crippen LogP contribution < -0.4 is 0 Å². The molecule has 1 N–H and O–H groups in total. The Labute approximate surface area is 164 Å². The van der Waals surface area contributed by atoms with Gasteiger partial charge in [-0.3, -0.25) is 0 Å². The van der Waals surface area contributed by atoms with Crippen molar-refractivity contribution in [1.29, 1.82) is 0 Å². The largest absolute Gasteiger partial charge is 0.393 e. The first-order chi connectivity index (χ1) is 12.9. The zero-order valence-corrected chi connectivity index (χ0v) is 17.5. The summed E-state index contributed by atoms with van der Waals surface area (Å²) in [5.41, 5.74) is 2.26. The molecule has 0 radical (unpaired) electrons. The van der Waals surface area contributed by atoms with E-state index in [0.717, 1.165) is 50.2 Å². The molecule has 0 aromatic heterocycles. The Hall–Kier alpha value is -0.380. The van der Waals surface area contributed by atoms with E-state index in [2.05, 4.69) is 26.8 Å². The number of aliphatic hydroxyl groups excluding tert-OH is 1. The van der Waals surface area contributed by atoms with Gasteiger partial charge in [-0.25, -0.2) is 0 Å². The molecule has 27 heavy (non-hydrogen) atoms. The van der Waals surface area contributed by atoms with Gasteiger partial charge >= 0.3 is 0 Å². The number of hydrogen-bond acceptors (Lipinski definition) is 3. The van der Waals surface area contributed by atoms with Gasteiger partial charge in [-0.05, 0) is 93.3 Å². The van der Waals surface area contributed by atoms with Crippen molar-refractivity contribution in [3.05, 3.63) is 11.6 Å². The van der Waals surface area contributed by atoms with Gasteiger partial charge in [-0.1, -0.05) is 25.5 Å². The van der Waals surface area contributed by atoms with Crippen molar-refractivity contribution in [2.75, 3.05) is 13.2 Å². The molecular weight excluding hydrogens is 336 g/mol. The lowest BCUT2D eigenvalue weighted by Crippen LogP contribution is -2.55. The minimum Gasteiger partial charge on any atom is -0.393 e. The van der Waals surface area contributed by atoms with Crippen molar-refractivity contribution < 1.29 is 14.6 Å². The van der Waals surface area contributed by atoms with Crippen molar-refractivity contribution in [3.8, 4) is 0 Å². The zero-order valence-electron chi connectivity index (χ0n) is 17.5. The molecule has 5 rings (SSSR count). The topological polar surface area (TPSA) is 38.7 Å². The average molecular weight is 375 g/mol. The third-order valence-corrected chi connectivity index (χ3v) is 9.78. The van der Waals surface area contributed by atoms with Crippen LogP contribution in [0.5, 0.6) is 0 Å². The Morgan fingerprint density at radius 2 is 1.74 bits per heavy atom. The number of fused-ring (bicyclic) bond motifs is 5. The van der Waals surface area contributed by atoms with Gasteiger partial charge in [-0.2, -0.15) is 0 Å². The van der Waals surface area contributed by atoms with Gasteiger partial charge in [0.05, 0.1) is 19.3 Å². The van der Waals surface area contributed by atoms with Gasteiger partial charge in [0.25, 0.3) is 0 Å². The van der Waals surface area contributed by atoms with Crippen molar-refractivity contribution >= 4 is 0 Å². The Kier molecular flexibility index (Phi) is 4.35. The van der Waals surface area contributed by atoms with Crippen LogP contribution in [0.3, 0.4) is 0 Å². The van der Waals surface area contributed by atoms with Crippen LogP contribution in [0.15, 0.2) is 11.6 Å². The lowest BCUT2D eigenvalue weighted by atomic mass is 9.47. The van der Waals surface area contributed by atoms with Crippen LogP contribution in [0.25, 0.3) is 0 Å². The summed E-state index contributed by atoms with van der Waals surface area (Å²) in [5, 5.41) is 10.2. The molecule has 3 saturated carbocycles. The molecule has 1 heterocycles. The maximum atomic E-state index is 10.2. The van der Waals surface area contributed by atoms with Gasteiger partial charge in [0.1, 0.15) is 0 Å². The molecule has 1 saturated heterocycles. The van der Waals surface area contributed by atoms with E-state index in [1.165, 1.54) is 38.5 Å². The predicted molar refractivity (Wildman–Crippen MR) is 106 cm³/mol. The Bertz CT molecular complexity index is 621. The normalized spacial score (nSPS) is 51.7. The first-order valence-corrected chi connectivity index (χ1v) is 11.5. The fraction of sp³-hybridized carbons (Fsp3) is 0.917. The van der Waals surface area contributed by atoms with E-state index in [-0.39, 0.29) is 11.9 Å². The first kappa shape index (κ1) is 18.6. The molecule has 3 heteroatoms. The highest BCUT2D eigenvalue weighted by Crippen LogP contribution is 2.67. The summed E-state index contributed by atoms with van der Waals surface area (Å²) in [7, 11) is 0. The van der Waals surface area contributed by atoms with Gasteiger partial charge in [0, 0.05) is 5.92 Å². The van der Waals surface area contributed by atoms with Crippen LogP contribution in [-0.2, 0) is 9.47 Å². The SMILES string of the molecule is CC1([C@H]2CC[C@H]3[C@@H]4CC=C5C[C@@H](O)CC[C@]5(C)C4CC[C@]23C)OCCCO1. The second kappa shape index (κ2) is 6.31. The molecule has 5 aliphatic rings. The van der Waals surface area contributed by atoms with E-state index in [1.54, 1.807) is 5.57 Å². The monoisotopic (exact) mass is 374 g/mol. The number of ether oxygens (including phenoxy) is 2. The molecule has 7 atom stereocenters. The maximum absolute atomic E-state index is 10.2. The molecule has 1 unspecified atom stereocenters. The van der Waals surface area contributed by atoms with Crippen LogP contribution in [0.1, 0.15) is 78.6 Å². The molecule has 4 aliphatic carbocycles.